The van der Waals surface area contributed by atoms with Crippen molar-refractivity contribution < 1.29 is 19.3 Å². The van der Waals surface area contributed by atoms with Crippen LogP contribution in [0.4, 0.5) is 5.69 Å². The maximum atomic E-state index is 14.4. The topological polar surface area (TPSA) is 91.0 Å². The number of nitrogens with zero attached hydrogens (tertiary/aromatic N) is 2. The van der Waals surface area contributed by atoms with E-state index in [0.717, 1.165) is 11.1 Å². The minimum Gasteiger partial charge on any atom is -0.480 e. The summed E-state index contributed by atoms with van der Waals surface area (Å²) in [5.74, 6) is -0.375. The lowest BCUT2D eigenvalue weighted by atomic mass is 9.68. The highest BCUT2D eigenvalue weighted by molar-refractivity contribution is 6.16. The fraction of sp³-hybridized carbons (Fsp3) is 0.103. The molecule has 0 amide bonds. The molecule has 0 fully saturated rings. The first-order chi connectivity index (χ1) is 17.6. The van der Waals surface area contributed by atoms with Crippen molar-refractivity contribution in [3.63, 3.8) is 0 Å². The van der Waals surface area contributed by atoms with Gasteiger partial charge in [0.2, 0.25) is 5.78 Å². The third-order valence-corrected chi connectivity index (χ3v) is 6.73. The Labute approximate surface area is 206 Å². The second kappa shape index (κ2) is 8.46. The lowest BCUT2D eigenvalue weighted by Crippen LogP contribution is -2.54. The molecule has 0 saturated heterocycles. The number of Topliss-reactive ketones (excluding diaryl/α,β-unsaturated/α-hetero) is 1. The number of nitro groups is 1. The largest absolute Gasteiger partial charge is 0.480 e. The Bertz CT molecular complexity index is 1490. The zero-order chi connectivity index (χ0) is 24.7. The summed E-state index contributed by atoms with van der Waals surface area (Å²) in [6.45, 7) is 0. The number of ketones is 1. The van der Waals surface area contributed by atoms with E-state index in [1.54, 1.807) is 30.3 Å². The zero-order valence-corrected chi connectivity index (χ0v) is 19.0. The Morgan fingerprint density at radius 2 is 1.39 bits per heavy atom. The van der Waals surface area contributed by atoms with Gasteiger partial charge in [-0.25, -0.2) is 0 Å². The average Bonchev–Trinajstić information content (AvgIpc) is 3.33. The molecule has 2 heterocycles. The van der Waals surface area contributed by atoms with Crippen LogP contribution in [0.1, 0.15) is 39.1 Å². The number of nitro benzene ring substituents is 1. The van der Waals surface area contributed by atoms with Crippen LogP contribution < -0.4 is 4.74 Å². The second-order valence-corrected chi connectivity index (χ2v) is 8.74. The monoisotopic (exact) mass is 476 g/mol. The Kier molecular flexibility index (Phi) is 5.11. The van der Waals surface area contributed by atoms with Crippen molar-refractivity contribution in [2.24, 2.45) is 5.16 Å². The smallest absolute Gasteiger partial charge is 0.269 e. The Morgan fingerprint density at radius 1 is 0.778 bits per heavy atom. The second-order valence-electron chi connectivity index (χ2n) is 8.74. The Hall–Kier alpha value is -4.78. The van der Waals surface area contributed by atoms with Crippen molar-refractivity contribution >= 4 is 17.2 Å². The number of hydrogen-bond acceptors (Lipinski definition) is 6. The predicted molar refractivity (Wildman–Crippen MR) is 133 cm³/mol. The van der Waals surface area contributed by atoms with Gasteiger partial charge in [-0.15, -0.1) is 0 Å². The van der Waals surface area contributed by atoms with E-state index in [2.05, 4.69) is 5.16 Å². The van der Waals surface area contributed by atoms with Crippen molar-refractivity contribution in [3.8, 4) is 5.75 Å². The predicted octanol–water partition coefficient (Wildman–Crippen LogP) is 5.87. The molecule has 1 spiro atoms. The number of non-ortho nitro benzene ring substituents is 1. The first-order valence-electron chi connectivity index (χ1n) is 11.5. The van der Waals surface area contributed by atoms with E-state index in [9.17, 15) is 14.9 Å². The third kappa shape index (κ3) is 3.28. The molecule has 0 N–H and O–H groups in total. The SMILES string of the molecule is O=C1c2ccccc2O[C@@H](c2ccccc2)[C@]12ON=C(c1ccc([N+](=O)[O-])cc1)[C@H]2c1ccccc1. The maximum absolute atomic E-state index is 14.4. The summed E-state index contributed by atoms with van der Waals surface area (Å²) < 4.78 is 6.50. The molecular weight excluding hydrogens is 456 g/mol. The van der Waals surface area contributed by atoms with Crippen molar-refractivity contribution in [2.75, 3.05) is 0 Å². The number of benzene rings is 4. The molecule has 7 nitrogen and oxygen atoms in total. The summed E-state index contributed by atoms with van der Waals surface area (Å²) in [7, 11) is 0. The number of para-hydroxylation sites is 1. The summed E-state index contributed by atoms with van der Waals surface area (Å²) >= 11 is 0. The van der Waals surface area contributed by atoms with E-state index in [1.807, 2.05) is 66.7 Å². The van der Waals surface area contributed by atoms with E-state index in [-0.39, 0.29) is 11.5 Å². The highest BCUT2D eigenvalue weighted by atomic mass is 16.7. The molecule has 36 heavy (non-hydrogen) atoms. The molecule has 176 valence electrons. The quantitative estimate of drug-likeness (QED) is 0.271. The van der Waals surface area contributed by atoms with Crippen molar-refractivity contribution in [2.45, 2.75) is 17.6 Å². The third-order valence-electron chi connectivity index (χ3n) is 6.73. The molecule has 0 unspecified atom stereocenters. The lowest BCUT2D eigenvalue weighted by Gasteiger charge is -2.42. The van der Waals surface area contributed by atoms with Gasteiger partial charge in [-0.05, 0) is 35.4 Å². The number of fused-ring (bicyclic) bond motifs is 1. The van der Waals surface area contributed by atoms with Crippen LogP contribution in [0.3, 0.4) is 0 Å². The molecule has 3 atom stereocenters. The lowest BCUT2D eigenvalue weighted by molar-refractivity contribution is -0.384. The molecule has 2 aliphatic rings. The molecule has 4 aromatic carbocycles. The minimum atomic E-state index is -1.52. The standard InChI is InChI=1S/C29H20N2O5/c32-27-23-13-7-8-14-24(23)35-28(21-11-5-2-6-12-21)29(27)25(19-9-3-1-4-10-19)26(30-36-29)20-15-17-22(18-16-20)31(33)34/h1-18,25,28H/t25-,28+,29-/m1/s1. The first-order valence-corrected chi connectivity index (χ1v) is 11.5. The molecule has 7 heteroatoms. The molecule has 0 aliphatic carbocycles. The molecule has 6 rings (SSSR count). The summed E-state index contributed by atoms with van der Waals surface area (Å²) in [6.07, 6.45) is -0.786. The van der Waals surface area contributed by atoms with Crippen LogP contribution in [0.15, 0.2) is 114 Å². The number of ether oxygens (including phenoxy) is 1. The summed E-state index contributed by atoms with van der Waals surface area (Å²) in [5, 5.41) is 15.7. The molecule has 2 aliphatic heterocycles. The highest BCUT2D eigenvalue weighted by Gasteiger charge is 2.64. The van der Waals surface area contributed by atoms with E-state index in [1.165, 1.54) is 12.1 Å². The van der Waals surface area contributed by atoms with Gasteiger partial charge < -0.3 is 9.57 Å². The fourth-order valence-corrected chi connectivity index (χ4v) is 5.07. The van der Waals surface area contributed by atoms with Crippen LogP contribution >= 0.6 is 0 Å². The van der Waals surface area contributed by atoms with Crippen LogP contribution in [-0.2, 0) is 4.84 Å². The van der Waals surface area contributed by atoms with Gasteiger partial charge in [-0.2, -0.15) is 0 Å². The first kappa shape index (κ1) is 21.7. The van der Waals surface area contributed by atoms with Crippen molar-refractivity contribution in [1.82, 2.24) is 0 Å². The van der Waals surface area contributed by atoms with Gasteiger partial charge in [0.1, 0.15) is 5.75 Å². The number of rotatable bonds is 4. The Morgan fingerprint density at radius 3 is 2.06 bits per heavy atom. The van der Waals surface area contributed by atoms with Gasteiger partial charge in [-0.3, -0.25) is 14.9 Å². The molecular formula is C29H20N2O5. The summed E-state index contributed by atoms with van der Waals surface area (Å²) in [6, 6.07) is 32.3. The normalized spacial score (nSPS) is 22.3. The van der Waals surface area contributed by atoms with E-state index >= 15 is 0 Å². The van der Waals surface area contributed by atoms with E-state index in [0.29, 0.717) is 22.6 Å². The highest BCUT2D eigenvalue weighted by Crippen LogP contribution is 2.54. The van der Waals surface area contributed by atoms with Crippen LogP contribution in [0.25, 0.3) is 0 Å². The van der Waals surface area contributed by atoms with Gasteiger partial charge in [0.25, 0.3) is 11.3 Å². The van der Waals surface area contributed by atoms with E-state index < -0.39 is 22.5 Å². The van der Waals surface area contributed by atoms with E-state index in [4.69, 9.17) is 9.57 Å². The van der Waals surface area contributed by atoms with Gasteiger partial charge >= 0.3 is 0 Å². The van der Waals surface area contributed by atoms with Gasteiger partial charge in [-0.1, -0.05) is 78.0 Å². The molecule has 0 radical (unpaired) electrons. The number of carbonyl (C=O) groups is 1. The van der Waals surface area contributed by atoms with Gasteiger partial charge in [0, 0.05) is 17.7 Å². The number of hydrogen-bond donors (Lipinski definition) is 0. The number of oxime groups is 1. The fourth-order valence-electron chi connectivity index (χ4n) is 5.07. The van der Waals surface area contributed by atoms with Crippen LogP contribution in [0.5, 0.6) is 5.75 Å². The molecule has 0 aromatic heterocycles. The van der Waals surface area contributed by atoms with Crippen molar-refractivity contribution in [1.29, 1.82) is 0 Å². The maximum Gasteiger partial charge on any atom is 0.269 e. The molecule has 0 saturated carbocycles. The molecule has 0 bridgehead atoms. The van der Waals surface area contributed by atoms with Crippen LogP contribution in [-0.4, -0.2) is 22.0 Å². The van der Waals surface area contributed by atoms with Crippen LogP contribution in [0, 0.1) is 10.1 Å². The zero-order valence-electron chi connectivity index (χ0n) is 19.0. The summed E-state index contributed by atoms with van der Waals surface area (Å²) in [5.41, 5.74) is 1.61. The van der Waals surface area contributed by atoms with Gasteiger partial charge in [0.05, 0.1) is 22.1 Å². The number of carbonyl (C=O) groups excluding carboxylic acids is 1. The van der Waals surface area contributed by atoms with Crippen LogP contribution in [0.2, 0.25) is 0 Å². The average molecular weight is 476 g/mol. The Balaban J connectivity index is 1.57. The minimum absolute atomic E-state index is 0.0302. The van der Waals surface area contributed by atoms with Crippen molar-refractivity contribution in [3.05, 3.63) is 142 Å². The van der Waals surface area contributed by atoms with Gasteiger partial charge in [0.15, 0.2) is 6.10 Å². The molecule has 4 aromatic rings. The summed E-state index contributed by atoms with van der Waals surface area (Å²) in [4.78, 5) is 31.3.